The molecule has 296 valence electrons. The summed E-state index contributed by atoms with van der Waals surface area (Å²) in [6, 6.07) is 8.10. The number of ether oxygens (including phenoxy) is 2. The minimum Gasteiger partial charge on any atom is -0.493 e. The smallest absolute Gasteiger partial charge is 0.425 e. The highest BCUT2D eigenvalue weighted by Gasteiger charge is 2.56. The number of benzene rings is 1. The van der Waals surface area contributed by atoms with E-state index in [0.717, 1.165) is 34.7 Å². The number of hydrogen-bond donors (Lipinski definition) is 2. The molecular weight excluding hydrogens is 763 g/mol. The largest absolute Gasteiger partial charge is 0.493 e. The van der Waals surface area contributed by atoms with Crippen molar-refractivity contribution < 1.29 is 60.0 Å². The highest BCUT2D eigenvalue weighted by atomic mass is 32.1. The molecule has 2 aromatic heterocycles. The van der Waals surface area contributed by atoms with E-state index in [0.29, 0.717) is 35.5 Å². The molecule has 3 atom stereocenters. The van der Waals surface area contributed by atoms with Crippen LogP contribution in [0.1, 0.15) is 78.4 Å². The number of thiophene rings is 1. The Morgan fingerprint density at radius 3 is 2.37 bits per heavy atom. The van der Waals surface area contributed by atoms with Gasteiger partial charge in [0.2, 0.25) is 5.60 Å². The van der Waals surface area contributed by atoms with Gasteiger partial charge in [0.15, 0.2) is 7.37 Å². The molecule has 10 nitrogen and oxygen atoms in total. The molecule has 18 heteroatoms. The second kappa shape index (κ2) is 16.2. The van der Waals surface area contributed by atoms with Crippen LogP contribution in [0.2, 0.25) is 0 Å². The maximum Gasteiger partial charge on any atom is 0.425 e. The zero-order chi connectivity index (χ0) is 39.5. The first-order chi connectivity index (χ1) is 25.3. The number of amides is 2. The van der Waals surface area contributed by atoms with E-state index < -0.39 is 64.9 Å². The Morgan fingerprint density at radius 1 is 1.04 bits per heavy atom. The van der Waals surface area contributed by atoms with Crippen LogP contribution in [0.5, 0.6) is 11.5 Å². The lowest BCUT2D eigenvalue weighted by atomic mass is 9.78. The summed E-state index contributed by atoms with van der Waals surface area (Å²) in [6.07, 6.45) is -7.78. The number of hydrogen-bond acceptors (Lipinski definition) is 8. The van der Waals surface area contributed by atoms with Gasteiger partial charge in [-0.05, 0) is 50.3 Å². The number of aromatic nitrogens is 1. The number of halogens is 6. The zero-order valence-corrected chi connectivity index (χ0v) is 31.4. The Morgan fingerprint density at radius 2 is 1.74 bits per heavy atom. The lowest BCUT2D eigenvalue weighted by Gasteiger charge is -2.51. The number of likely N-dealkylation sites (tertiary alicyclic amines) is 2. The molecule has 2 saturated heterocycles. The fraction of sp³-hybridized carbons (Fsp3) is 0.528. The lowest BCUT2D eigenvalue weighted by Crippen LogP contribution is -2.68. The van der Waals surface area contributed by atoms with Crippen molar-refractivity contribution >= 4 is 30.5 Å². The van der Waals surface area contributed by atoms with Gasteiger partial charge < -0.3 is 29.3 Å². The number of pyridine rings is 1. The third-order valence-electron chi connectivity index (χ3n) is 9.76. The van der Waals surface area contributed by atoms with Crippen LogP contribution in [-0.4, -0.2) is 87.3 Å². The average Bonchev–Trinajstić information content (AvgIpc) is 3.59. The monoisotopic (exact) mass is 805 g/mol. The van der Waals surface area contributed by atoms with Gasteiger partial charge >= 0.3 is 12.4 Å². The molecule has 2 N–H and O–H groups in total. The van der Waals surface area contributed by atoms with Crippen LogP contribution in [0.15, 0.2) is 54.0 Å². The van der Waals surface area contributed by atoms with Crippen molar-refractivity contribution in [1.82, 2.24) is 14.8 Å². The molecule has 4 heterocycles. The molecule has 2 fully saturated rings. The van der Waals surface area contributed by atoms with Gasteiger partial charge in [0.1, 0.15) is 22.1 Å². The first-order valence-electron chi connectivity index (χ1n) is 17.5. The number of nitrogens with zero attached hydrogens (tertiary/aromatic N) is 3. The minimum atomic E-state index is -4.92. The number of carbonyl (C=O) groups is 2. The Bertz CT molecular complexity index is 1840. The highest BCUT2D eigenvalue weighted by molar-refractivity contribution is 7.57. The van der Waals surface area contributed by atoms with E-state index in [1.165, 1.54) is 11.6 Å². The van der Waals surface area contributed by atoms with Crippen LogP contribution in [-0.2, 0) is 27.3 Å². The molecule has 2 amide bonds. The van der Waals surface area contributed by atoms with Crippen LogP contribution < -0.4 is 9.47 Å². The lowest BCUT2D eigenvalue weighted by molar-refractivity contribution is -0.163. The van der Waals surface area contributed by atoms with Gasteiger partial charge in [-0.2, -0.15) is 26.3 Å². The Labute approximate surface area is 312 Å². The van der Waals surface area contributed by atoms with E-state index >= 15 is 0 Å². The van der Waals surface area contributed by atoms with Crippen LogP contribution in [0, 0.1) is 0 Å². The van der Waals surface area contributed by atoms with Crippen LogP contribution in [0.4, 0.5) is 26.3 Å². The number of carbonyl (C=O) groups excluding carboxylic acids is 2. The molecule has 2 aliphatic heterocycles. The van der Waals surface area contributed by atoms with E-state index in [1.54, 1.807) is 31.2 Å². The molecule has 0 bridgehead atoms. The second-order valence-corrected chi connectivity index (χ2v) is 17.2. The standard InChI is InChI=1S/C36H42F6N3O7PS/c1-3-9-28-34(52-24-22-29(54-23-24)36(40,41)42,13-7-17-45(28)31(46)30-26(35(37,38)39)11-6-16-43-30)32(47)44-18-14-33(48,15-19-44)25-10-4-5-12-27(25)51-20-8-21-53(2,49)50/h4-6,10-12,16,22-23,28,48H,3,7-9,13-15,17-21H2,1-2H3,(H,49,50)/t28-,34+/m1/s1. The molecule has 0 saturated carbocycles. The quantitative estimate of drug-likeness (QED) is 0.109. The second-order valence-electron chi connectivity index (χ2n) is 13.7. The van der Waals surface area contributed by atoms with E-state index in [9.17, 15) is 50.5 Å². The van der Waals surface area contributed by atoms with Crippen molar-refractivity contribution in [2.24, 2.45) is 0 Å². The molecule has 3 aromatic rings. The van der Waals surface area contributed by atoms with Crippen molar-refractivity contribution in [3.63, 3.8) is 0 Å². The third-order valence-corrected chi connectivity index (χ3v) is 11.9. The van der Waals surface area contributed by atoms with Crippen molar-refractivity contribution in [2.75, 3.05) is 39.1 Å². The molecule has 54 heavy (non-hydrogen) atoms. The molecular formula is C36H42F6N3O7PS. The molecule has 5 rings (SSSR count). The van der Waals surface area contributed by atoms with Crippen LogP contribution in [0.25, 0.3) is 0 Å². The first-order valence-corrected chi connectivity index (χ1v) is 20.7. The Hall–Kier alpha value is -3.66. The SMILES string of the molecule is CCC[C@H]1N(C(=O)c2ncccc2C(F)(F)F)CCC[C@@]1(Oc1csc(C(F)(F)F)c1)C(=O)N1CCC(O)(c2ccccc2OCCCP(C)(=O)O)CC1. The van der Waals surface area contributed by atoms with E-state index in [-0.39, 0.29) is 70.3 Å². The summed E-state index contributed by atoms with van der Waals surface area (Å²) >= 11 is 0.359. The third kappa shape index (κ3) is 9.23. The van der Waals surface area contributed by atoms with Crippen LogP contribution in [0.3, 0.4) is 0 Å². The predicted octanol–water partition coefficient (Wildman–Crippen LogP) is 7.58. The average molecular weight is 806 g/mol. The van der Waals surface area contributed by atoms with Gasteiger partial charge in [0, 0.05) is 62.1 Å². The van der Waals surface area contributed by atoms with Crippen LogP contribution >= 0.6 is 18.7 Å². The Kier molecular flexibility index (Phi) is 12.5. The van der Waals surface area contributed by atoms with Gasteiger partial charge in [-0.25, -0.2) is 0 Å². The van der Waals surface area contributed by atoms with Crippen molar-refractivity contribution in [1.29, 1.82) is 0 Å². The first kappa shape index (κ1) is 41.5. The number of rotatable bonds is 12. The maximum absolute atomic E-state index is 14.9. The number of alkyl halides is 6. The molecule has 0 radical (unpaired) electrons. The van der Waals surface area contributed by atoms with Gasteiger partial charge in [0.25, 0.3) is 11.8 Å². The fourth-order valence-electron chi connectivity index (χ4n) is 7.21. The van der Waals surface area contributed by atoms with Gasteiger partial charge in [-0.3, -0.25) is 19.1 Å². The van der Waals surface area contributed by atoms with E-state index in [1.807, 2.05) is 0 Å². The summed E-state index contributed by atoms with van der Waals surface area (Å²) < 4.78 is 107. The summed E-state index contributed by atoms with van der Waals surface area (Å²) in [6.45, 7) is 2.97. The summed E-state index contributed by atoms with van der Waals surface area (Å²) in [5.74, 6) is -1.67. The van der Waals surface area contributed by atoms with Crippen molar-refractivity contribution in [2.45, 2.75) is 81.5 Å². The summed E-state index contributed by atoms with van der Waals surface area (Å²) in [5.41, 5.74) is -5.16. The summed E-state index contributed by atoms with van der Waals surface area (Å²) in [4.78, 5) is 43.8. The normalized spacial score (nSPS) is 21.7. The van der Waals surface area contributed by atoms with Crippen molar-refractivity contribution in [3.8, 4) is 11.5 Å². The van der Waals surface area contributed by atoms with Gasteiger partial charge in [-0.1, -0.05) is 31.5 Å². The fourth-order valence-corrected chi connectivity index (χ4v) is 8.60. The molecule has 2 aliphatic rings. The van der Waals surface area contributed by atoms with E-state index in [2.05, 4.69) is 4.98 Å². The zero-order valence-electron chi connectivity index (χ0n) is 29.7. The minimum absolute atomic E-state index is 0.0106. The molecule has 0 spiro atoms. The number of aliphatic hydroxyl groups is 1. The summed E-state index contributed by atoms with van der Waals surface area (Å²) in [7, 11) is -3.24. The predicted molar refractivity (Wildman–Crippen MR) is 188 cm³/mol. The molecule has 0 aliphatic carbocycles. The number of para-hydroxylation sites is 1. The van der Waals surface area contributed by atoms with Gasteiger partial charge in [0.05, 0.1) is 23.8 Å². The maximum atomic E-state index is 14.9. The highest BCUT2D eigenvalue weighted by Crippen LogP contribution is 2.45. The van der Waals surface area contributed by atoms with E-state index in [4.69, 9.17) is 9.47 Å². The Balaban J connectivity index is 1.47. The molecule has 1 unspecified atom stereocenters. The summed E-state index contributed by atoms with van der Waals surface area (Å²) in [5, 5.41) is 13.0. The topological polar surface area (TPSA) is 130 Å². The number of piperidine rings is 2. The van der Waals surface area contributed by atoms with Gasteiger partial charge in [-0.15, -0.1) is 11.3 Å². The molecule has 1 aromatic carbocycles. The van der Waals surface area contributed by atoms with Crippen molar-refractivity contribution in [3.05, 3.63) is 75.7 Å².